The number of rotatable bonds is 3. The predicted molar refractivity (Wildman–Crippen MR) is 70.4 cm³/mol. The van der Waals surface area contributed by atoms with Crippen LogP contribution in [0.15, 0.2) is 0 Å². The van der Waals surface area contributed by atoms with Crippen molar-refractivity contribution in [2.75, 3.05) is 39.3 Å². The average molecular weight is 252 g/mol. The predicted octanol–water partition coefficient (Wildman–Crippen LogP) is 0.625. The lowest BCUT2D eigenvalue weighted by molar-refractivity contribution is 0.0122. The van der Waals surface area contributed by atoms with Gasteiger partial charge in [0, 0.05) is 37.6 Å². The third-order valence-corrected chi connectivity index (χ3v) is 5.16. The van der Waals surface area contributed by atoms with Crippen molar-refractivity contribution in [1.82, 2.24) is 14.8 Å². The maximum absolute atomic E-state index is 5.64. The van der Waals surface area contributed by atoms with Crippen LogP contribution in [0.5, 0.6) is 0 Å². The molecule has 3 saturated heterocycles. The van der Waals surface area contributed by atoms with Gasteiger partial charge in [-0.3, -0.25) is 9.80 Å². The lowest BCUT2D eigenvalue weighted by Gasteiger charge is -2.46. The van der Waals surface area contributed by atoms with Crippen molar-refractivity contribution in [3.63, 3.8) is 0 Å². The van der Waals surface area contributed by atoms with Crippen molar-refractivity contribution >= 4 is 11.3 Å². The summed E-state index contributed by atoms with van der Waals surface area (Å²) in [7, 11) is 0. The molecule has 17 heavy (non-hydrogen) atoms. The Bertz CT molecular complexity index is 395. The summed E-state index contributed by atoms with van der Waals surface area (Å²) in [6.07, 6.45) is 0.972. The molecule has 1 aromatic rings. The quantitative estimate of drug-likeness (QED) is 0.857. The van der Waals surface area contributed by atoms with Crippen LogP contribution in [0.2, 0.25) is 0 Å². The fourth-order valence-corrected chi connectivity index (χ4v) is 4.02. The van der Waals surface area contributed by atoms with E-state index in [2.05, 4.69) is 16.7 Å². The van der Waals surface area contributed by atoms with E-state index in [1.165, 1.54) is 41.8 Å². The largest absolute Gasteiger partial charge is 0.330 e. The van der Waals surface area contributed by atoms with Crippen LogP contribution in [-0.2, 0) is 6.42 Å². The Morgan fingerprint density at radius 1 is 1.35 bits per heavy atom. The van der Waals surface area contributed by atoms with E-state index in [0.717, 1.165) is 19.5 Å². The molecule has 0 radical (unpaired) electrons. The van der Waals surface area contributed by atoms with E-state index in [4.69, 9.17) is 10.7 Å². The van der Waals surface area contributed by atoms with Crippen LogP contribution in [-0.4, -0.2) is 54.1 Å². The maximum Gasteiger partial charge on any atom is 0.112 e. The summed E-state index contributed by atoms with van der Waals surface area (Å²) >= 11 is 1.87. The fraction of sp³-hybridized carbons (Fsp3) is 0.750. The summed E-state index contributed by atoms with van der Waals surface area (Å²) in [4.78, 5) is 11.3. The Kier molecular flexibility index (Phi) is 3.17. The monoisotopic (exact) mass is 252 g/mol. The Hall–Kier alpha value is -0.490. The lowest BCUT2D eigenvalue weighted by atomic mass is 10.1. The standard InChI is InChI=1S/C12H20N4S/c1-9-11(2-3-13)17-12(14-9)10-8-15-4-6-16(10)7-5-15/h10H,2-8,13H2,1H3. The molecule has 2 N–H and O–H groups in total. The molecule has 4 nitrogen and oxygen atoms in total. The van der Waals surface area contributed by atoms with Crippen LogP contribution in [0.1, 0.15) is 21.6 Å². The topological polar surface area (TPSA) is 45.4 Å². The maximum atomic E-state index is 5.64. The zero-order valence-electron chi connectivity index (χ0n) is 10.4. The van der Waals surface area contributed by atoms with Gasteiger partial charge in [0.2, 0.25) is 0 Å². The van der Waals surface area contributed by atoms with E-state index in [9.17, 15) is 0 Å². The van der Waals surface area contributed by atoms with E-state index in [1.54, 1.807) is 0 Å². The van der Waals surface area contributed by atoms with Crippen molar-refractivity contribution in [1.29, 1.82) is 0 Å². The van der Waals surface area contributed by atoms with Gasteiger partial charge < -0.3 is 5.73 Å². The molecule has 0 aliphatic carbocycles. The van der Waals surface area contributed by atoms with Gasteiger partial charge in [-0.15, -0.1) is 11.3 Å². The summed E-state index contributed by atoms with van der Waals surface area (Å²) in [5, 5.41) is 1.30. The highest BCUT2D eigenvalue weighted by atomic mass is 32.1. The first kappa shape index (κ1) is 11.6. The molecule has 4 rings (SSSR count). The molecule has 3 aliphatic heterocycles. The number of aromatic nitrogens is 1. The first-order chi connectivity index (χ1) is 8.28. The normalized spacial score (nSPS) is 32.0. The number of nitrogens with two attached hydrogens (primary N) is 1. The lowest BCUT2D eigenvalue weighted by Crippen LogP contribution is -2.56. The summed E-state index contributed by atoms with van der Waals surface area (Å²) < 4.78 is 0. The molecule has 0 amide bonds. The second-order valence-electron chi connectivity index (χ2n) is 4.95. The molecule has 94 valence electrons. The average Bonchev–Trinajstić information content (AvgIpc) is 2.73. The number of fused-ring (bicyclic) bond motifs is 3. The van der Waals surface area contributed by atoms with E-state index in [-0.39, 0.29) is 0 Å². The molecule has 5 heteroatoms. The summed E-state index contributed by atoms with van der Waals surface area (Å²) in [6, 6.07) is 0.535. The zero-order chi connectivity index (χ0) is 11.8. The van der Waals surface area contributed by atoms with E-state index in [1.807, 2.05) is 11.3 Å². The highest BCUT2D eigenvalue weighted by molar-refractivity contribution is 7.11. The number of piperazine rings is 3. The van der Waals surface area contributed by atoms with Crippen LogP contribution in [0, 0.1) is 6.92 Å². The Labute approximate surface area is 106 Å². The molecule has 4 heterocycles. The minimum Gasteiger partial charge on any atom is -0.330 e. The number of hydrogen-bond donors (Lipinski definition) is 1. The van der Waals surface area contributed by atoms with Crippen LogP contribution in [0.25, 0.3) is 0 Å². The molecule has 3 aliphatic rings. The van der Waals surface area contributed by atoms with Gasteiger partial charge >= 0.3 is 0 Å². The van der Waals surface area contributed by atoms with Gasteiger partial charge in [0.15, 0.2) is 0 Å². The fourth-order valence-electron chi connectivity index (χ4n) is 2.81. The van der Waals surface area contributed by atoms with Crippen molar-refractivity contribution < 1.29 is 0 Å². The highest BCUT2D eigenvalue weighted by Gasteiger charge is 2.34. The minimum atomic E-state index is 0.535. The van der Waals surface area contributed by atoms with Gasteiger partial charge in [0.05, 0.1) is 11.7 Å². The van der Waals surface area contributed by atoms with Crippen molar-refractivity contribution in [3.8, 4) is 0 Å². The van der Waals surface area contributed by atoms with Gasteiger partial charge in [0.25, 0.3) is 0 Å². The Morgan fingerprint density at radius 3 is 2.71 bits per heavy atom. The van der Waals surface area contributed by atoms with Gasteiger partial charge in [-0.05, 0) is 19.9 Å². The van der Waals surface area contributed by atoms with Crippen LogP contribution in [0.4, 0.5) is 0 Å². The molecule has 0 spiro atoms. The SMILES string of the molecule is Cc1nc(C2CN3CCN2CC3)sc1CCN. The summed E-state index contributed by atoms with van der Waals surface area (Å²) in [6.45, 7) is 8.87. The Balaban J connectivity index is 1.82. The van der Waals surface area contributed by atoms with Gasteiger partial charge in [-0.1, -0.05) is 0 Å². The van der Waals surface area contributed by atoms with Gasteiger partial charge in [0.1, 0.15) is 5.01 Å². The Morgan fingerprint density at radius 2 is 2.12 bits per heavy atom. The summed E-state index contributed by atoms with van der Waals surface area (Å²) in [5.74, 6) is 0. The molecular formula is C12H20N4S. The van der Waals surface area contributed by atoms with E-state index in [0.29, 0.717) is 6.04 Å². The zero-order valence-corrected chi connectivity index (χ0v) is 11.2. The molecule has 2 bridgehead atoms. The van der Waals surface area contributed by atoms with E-state index >= 15 is 0 Å². The molecule has 0 aromatic carbocycles. The van der Waals surface area contributed by atoms with Gasteiger partial charge in [-0.2, -0.15) is 0 Å². The van der Waals surface area contributed by atoms with Crippen molar-refractivity contribution in [2.45, 2.75) is 19.4 Å². The van der Waals surface area contributed by atoms with Gasteiger partial charge in [-0.25, -0.2) is 4.98 Å². The van der Waals surface area contributed by atoms with Crippen molar-refractivity contribution in [2.24, 2.45) is 5.73 Å². The molecule has 0 saturated carbocycles. The number of thiazole rings is 1. The molecule has 1 atom stereocenters. The third kappa shape index (κ3) is 2.12. The van der Waals surface area contributed by atoms with Crippen LogP contribution < -0.4 is 5.73 Å². The van der Waals surface area contributed by atoms with E-state index < -0.39 is 0 Å². The number of hydrogen-bond acceptors (Lipinski definition) is 5. The van der Waals surface area contributed by atoms with Crippen LogP contribution >= 0.6 is 11.3 Å². The van der Waals surface area contributed by atoms with Crippen molar-refractivity contribution in [3.05, 3.63) is 15.6 Å². The first-order valence-electron chi connectivity index (χ1n) is 6.40. The summed E-state index contributed by atoms with van der Waals surface area (Å²) in [5.41, 5.74) is 6.83. The number of aryl methyl sites for hydroxylation is 1. The van der Waals surface area contributed by atoms with Crippen LogP contribution in [0.3, 0.4) is 0 Å². The molecule has 3 fully saturated rings. The second kappa shape index (κ2) is 4.65. The smallest absolute Gasteiger partial charge is 0.112 e. The second-order valence-corrected chi connectivity index (χ2v) is 6.07. The highest BCUT2D eigenvalue weighted by Crippen LogP contribution is 2.32. The minimum absolute atomic E-state index is 0.535. The first-order valence-corrected chi connectivity index (χ1v) is 7.22. The third-order valence-electron chi connectivity index (χ3n) is 3.84. The molecule has 1 unspecified atom stereocenters. The molecular weight excluding hydrogens is 232 g/mol. The molecule has 1 aromatic heterocycles. The number of nitrogens with zero attached hydrogens (tertiary/aromatic N) is 3.